The number of hydrogen-bond acceptors (Lipinski definition) is 4. The molecule has 1 heterocycles. The summed E-state index contributed by atoms with van der Waals surface area (Å²) in [5.74, 6) is 0.0622. The van der Waals surface area contributed by atoms with Crippen LogP contribution >= 0.6 is 0 Å². The van der Waals surface area contributed by atoms with Gasteiger partial charge in [-0.15, -0.1) is 0 Å². The molecule has 0 aromatic heterocycles. The smallest absolute Gasteiger partial charge is 0.236 e. The van der Waals surface area contributed by atoms with Gasteiger partial charge in [0.1, 0.15) is 0 Å². The number of rotatable bonds is 4. The maximum Gasteiger partial charge on any atom is 0.236 e. The third-order valence-corrected chi connectivity index (χ3v) is 2.33. The summed E-state index contributed by atoms with van der Waals surface area (Å²) < 4.78 is 0. The van der Waals surface area contributed by atoms with Crippen molar-refractivity contribution in [2.45, 2.75) is 12.5 Å². The van der Waals surface area contributed by atoms with Gasteiger partial charge in [0.15, 0.2) is 0 Å². The summed E-state index contributed by atoms with van der Waals surface area (Å²) in [5, 5.41) is 8.36. The largest absolute Gasteiger partial charge is 0.344 e. The zero-order chi connectivity index (χ0) is 10.6. The second-order valence-electron chi connectivity index (χ2n) is 3.68. The molecule has 78 valence electrons. The summed E-state index contributed by atoms with van der Waals surface area (Å²) in [5.41, 5.74) is 5.59. The minimum absolute atomic E-state index is 0.0622. The molecule has 0 bridgehead atoms. The Bertz CT molecular complexity index is 242. The molecule has 0 spiro atoms. The van der Waals surface area contributed by atoms with Gasteiger partial charge in [0.2, 0.25) is 5.91 Å². The molecule has 1 amide bonds. The van der Waals surface area contributed by atoms with E-state index in [9.17, 15) is 4.79 Å². The topological polar surface area (TPSA) is 73.4 Å². The van der Waals surface area contributed by atoms with Crippen molar-refractivity contribution in [3.05, 3.63) is 0 Å². The number of hydrogen-bond donors (Lipinski definition) is 1. The molecular formula is C9H16N4O. The van der Waals surface area contributed by atoms with Crippen molar-refractivity contribution < 1.29 is 4.79 Å². The van der Waals surface area contributed by atoms with E-state index in [1.807, 2.05) is 11.0 Å². The van der Waals surface area contributed by atoms with Crippen molar-refractivity contribution in [2.24, 2.45) is 5.73 Å². The van der Waals surface area contributed by atoms with Crippen molar-refractivity contribution in [3.8, 4) is 6.07 Å². The minimum atomic E-state index is 0.0622. The van der Waals surface area contributed by atoms with Gasteiger partial charge in [-0.1, -0.05) is 0 Å². The van der Waals surface area contributed by atoms with Crippen molar-refractivity contribution >= 4 is 5.91 Å². The Morgan fingerprint density at radius 3 is 2.86 bits per heavy atom. The molecule has 1 aliphatic heterocycles. The normalized spacial score (nSPS) is 17.2. The monoisotopic (exact) mass is 196 g/mol. The second-order valence-corrected chi connectivity index (χ2v) is 3.68. The highest BCUT2D eigenvalue weighted by molar-refractivity contribution is 5.78. The number of carbonyl (C=O) groups excluding carboxylic acids is 1. The Hall–Kier alpha value is -1.12. The molecule has 2 N–H and O–H groups in total. The predicted molar refractivity (Wildman–Crippen MR) is 52.3 cm³/mol. The molecular weight excluding hydrogens is 180 g/mol. The van der Waals surface area contributed by atoms with Gasteiger partial charge < -0.3 is 10.6 Å². The SMILES string of the molecule is CN(CCC#N)C(=O)CN1CC(N)C1. The van der Waals surface area contributed by atoms with Gasteiger partial charge in [0, 0.05) is 32.7 Å². The fourth-order valence-electron chi connectivity index (χ4n) is 1.39. The average Bonchev–Trinajstić information content (AvgIpc) is 2.11. The number of likely N-dealkylation sites (N-methyl/N-ethyl adjacent to an activating group) is 1. The fraction of sp³-hybridized carbons (Fsp3) is 0.778. The van der Waals surface area contributed by atoms with E-state index in [1.165, 1.54) is 0 Å². The van der Waals surface area contributed by atoms with Gasteiger partial charge in [-0.05, 0) is 0 Å². The number of amides is 1. The molecule has 5 heteroatoms. The van der Waals surface area contributed by atoms with Gasteiger partial charge in [0.05, 0.1) is 19.0 Å². The molecule has 0 unspecified atom stereocenters. The van der Waals surface area contributed by atoms with E-state index in [1.54, 1.807) is 11.9 Å². The van der Waals surface area contributed by atoms with E-state index in [2.05, 4.69) is 0 Å². The molecule has 0 aromatic carbocycles. The second kappa shape index (κ2) is 4.94. The summed E-state index contributed by atoms with van der Waals surface area (Å²) in [4.78, 5) is 15.1. The zero-order valence-electron chi connectivity index (χ0n) is 8.44. The summed E-state index contributed by atoms with van der Waals surface area (Å²) >= 11 is 0. The van der Waals surface area contributed by atoms with Gasteiger partial charge in [0.25, 0.3) is 0 Å². The van der Waals surface area contributed by atoms with Crippen LogP contribution in [0.2, 0.25) is 0 Å². The Balaban J connectivity index is 2.18. The van der Waals surface area contributed by atoms with Crippen LogP contribution in [0.3, 0.4) is 0 Å². The highest BCUT2D eigenvalue weighted by Crippen LogP contribution is 2.04. The van der Waals surface area contributed by atoms with Crippen LogP contribution in [-0.2, 0) is 4.79 Å². The number of nitrogens with zero attached hydrogens (tertiary/aromatic N) is 3. The molecule has 0 aromatic rings. The molecule has 0 aliphatic carbocycles. The number of nitrogens with two attached hydrogens (primary N) is 1. The van der Waals surface area contributed by atoms with E-state index in [0.29, 0.717) is 19.5 Å². The Labute approximate surface area is 84.1 Å². The Morgan fingerprint density at radius 1 is 1.71 bits per heavy atom. The lowest BCUT2D eigenvalue weighted by atomic mass is 10.1. The third kappa shape index (κ3) is 2.98. The van der Waals surface area contributed by atoms with Crippen LogP contribution in [0.25, 0.3) is 0 Å². The summed E-state index contributed by atoms with van der Waals surface area (Å²) in [6, 6.07) is 2.24. The molecule has 1 rings (SSSR count). The molecule has 1 fully saturated rings. The van der Waals surface area contributed by atoms with E-state index < -0.39 is 0 Å². The van der Waals surface area contributed by atoms with E-state index in [-0.39, 0.29) is 11.9 Å². The van der Waals surface area contributed by atoms with Gasteiger partial charge >= 0.3 is 0 Å². The van der Waals surface area contributed by atoms with Crippen LogP contribution < -0.4 is 5.73 Å². The maximum atomic E-state index is 11.5. The lowest BCUT2D eigenvalue weighted by molar-refractivity contribution is -0.132. The molecule has 0 radical (unpaired) electrons. The van der Waals surface area contributed by atoms with Crippen LogP contribution in [0.5, 0.6) is 0 Å². The van der Waals surface area contributed by atoms with Gasteiger partial charge in [-0.2, -0.15) is 5.26 Å². The number of nitriles is 1. The fourth-order valence-corrected chi connectivity index (χ4v) is 1.39. The van der Waals surface area contributed by atoms with Crippen LogP contribution in [0, 0.1) is 11.3 Å². The molecule has 5 nitrogen and oxygen atoms in total. The maximum absolute atomic E-state index is 11.5. The van der Waals surface area contributed by atoms with Crippen LogP contribution in [-0.4, -0.2) is 55.0 Å². The molecule has 1 aliphatic rings. The summed E-state index contributed by atoms with van der Waals surface area (Å²) in [7, 11) is 1.72. The van der Waals surface area contributed by atoms with Crippen LogP contribution in [0.15, 0.2) is 0 Å². The number of carbonyl (C=O) groups is 1. The minimum Gasteiger partial charge on any atom is -0.344 e. The van der Waals surface area contributed by atoms with E-state index >= 15 is 0 Å². The molecule has 1 saturated heterocycles. The van der Waals surface area contributed by atoms with E-state index in [4.69, 9.17) is 11.0 Å². The van der Waals surface area contributed by atoms with Crippen molar-refractivity contribution in [2.75, 3.05) is 33.2 Å². The van der Waals surface area contributed by atoms with Crippen LogP contribution in [0.4, 0.5) is 0 Å². The highest BCUT2D eigenvalue weighted by atomic mass is 16.2. The molecule has 0 atom stereocenters. The third-order valence-electron chi connectivity index (χ3n) is 2.33. The number of likely N-dealkylation sites (tertiary alicyclic amines) is 1. The lowest BCUT2D eigenvalue weighted by Gasteiger charge is -2.36. The lowest BCUT2D eigenvalue weighted by Crippen LogP contribution is -2.58. The van der Waals surface area contributed by atoms with Crippen molar-refractivity contribution in [3.63, 3.8) is 0 Å². The molecule has 14 heavy (non-hydrogen) atoms. The Morgan fingerprint density at radius 2 is 2.36 bits per heavy atom. The first-order chi connectivity index (χ1) is 6.63. The zero-order valence-corrected chi connectivity index (χ0v) is 8.44. The van der Waals surface area contributed by atoms with Crippen LogP contribution in [0.1, 0.15) is 6.42 Å². The standard InChI is InChI=1S/C9H16N4O/c1-12(4-2-3-10)9(14)7-13-5-8(11)6-13/h8H,2,4-7,11H2,1H3. The first-order valence-corrected chi connectivity index (χ1v) is 4.72. The average molecular weight is 196 g/mol. The van der Waals surface area contributed by atoms with E-state index in [0.717, 1.165) is 13.1 Å². The highest BCUT2D eigenvalue weighted by Gasteiger charge is 2.25. The summed E-state index contributed by atoms with van der Waals surface area (Å²) in [6.07, 6.45) is 0.391. The van der Waals surface area contributed by atoms with Crippen molar-refractivity contribution in [1.29, 1.82) is 5.26 Å². The first kappa shape index (κ1) is 11.0. The molecule has 0 saturated carbocycles. The first-order valence-electron chi connectivity index (χ1n) is 4.72. The predicted octanol–water partition coefficient (Wildman–Crippen LogP) is -0.999. The quantitative estimate of drug-likeness (QED) is 0.626. The summed E-state index contributed by atoms with van der Waals surface area (Å²) in [6.45, 7) is 2.54. The Kier molecular flexibility index (Phi) is 3.86. The van der Waals surface area contributed by atoms with Gasteiger partial charge in [-0.3, -0.25) is 9.69 Å². The van der Waals surface area contributed by atoms with Crippen molar-refractivity contribution in [1.82, 2.24) is 9.80 Å². The van der Waals surface area contributed by atoms with Gasteiger partial charge in [-0.25, -0.2) is 0 Å².